The first-order valence-corrected chi connectivity index (χ1v) is 19.8. The van der Waals surface area contributed by atoms with Crippen LogP contribution in [-0.2, 0) is 10.8 Å². The van der Waals surface area contributed by atoms with Crippen molar-refractivity contribution in [1.82, 2.24) is 0 Å². The van der Waals surface area contributed by atoms with Crippen molar-refractivity contribution in [2.45, 2.75) is 38.5 Å². The number of thiophene rings is 1. The Hall–Kier alpha value is -5.96. The molecular formula is C52H39NS. The molecule has 2 aliphatic rings. The van der Waals surface area contributed by atoms with Gasteiger partial charge in [-0.1, -0.05) is 149 Å². The van der Waals surface area contributed by atoms with Gasteiger partial charge in [0.15, 0.2) is 0 Å². The van der Waals surface area contributed by atoms with Crippen LogP contribution in [0, 0.1) is 0 Å². The summed E-state index contributed by atoms with van der Waals surface area (Å²) in [6, 6.07) is 61.1. The molecule has 0 radical (unpaired) electrons. The third-order valence-corrected chi connectivity index (χ3v) is 13.6. The molecule has 1 nitrogen and oxygen atoms in total. The molecule has 0 bridgehead atoms. The maximum Gasteiger partial charge on any atom is 0.0468 e. The zero-order valence-electron chi connectivity index (χ0n) is 30.9. The highest BCUT2D eigenvalue weighted by Gasteiger charge is 2.40. The lowest BCUT2D eigenvalue weighted by atomic mass is 9.79. The Morgan fingerprint density at radius 1 is 0.426 bits per heavy atom. The zero-order chi connectivity index (χ0) is 36.3. The minimum absolute atomic E-state index is 0.0979. The van der Waals surface area contributed by atoms with Crippen molar-refractivity contribution in [3.63, 3.8) is 0 Å². The van der Waals surface area contributed by atoms with Crippen LogP contribution in [0.4, 0.5) is 17.1 Å². The first kappa shape index (κ1) is 31.6. The van der Waals surface area contributed by atoms with E-state index in [2.05, 4.69) is 196 Å². The van der Waals surface area contributed by atoms with Gasteiger partial charge in [-0.3, -0.25) is 0 Å². The van der Waals surface area contributed by atoms with Gasteiger partial charge in [0.2, 0.25) is 0 Å². The van der Waals surface area contributed by atoms with Crippen molar-refractivity contribution >= 4 is 59.3 Å². The van der Waals surface area contributed by atoms with Gasteiger partial charge in [0.25, 0.3) is 0 Å². The Balaban J connectivity index is 1.15. The van der Waals surface area contributed by atoms with E-state index in [0.717, 1.165) is 11.4 Å². The van der Waals surface area contributed by atoms with E-state index in [9.17, 15) is 0 Å². The highest BCUT2D eigenvalue weighted by molar-refractivity contribution is 7.26. The van der Waals surface area contributed by atoms with Crippen molar-refractivity contribution in [3.05, 3.63) is 186 Å². The normalized spacial score (nSPS) is 14.6. The van der Waals surface area contributed by atoms with E-state index in [-0.39, 0.29) is 10.8 Å². The number of anilines is 3. The van der Waals surface area contributed by atoms with Crippen molar-refractivity contribution < 1.29 is 0 Å². The van der Waals surface area contributed by atoms with E-state index in [1.807, 2.05) is 11.3 Å². The van der Waals surface area contributed by atoms with Gasteiger partial charge in [-0.25, -0.2) is 0 Å². The van der Waals surface area contributed by atoms with E-state index >= 15 is 0 Å². The predicted octanol–water partition coefficient (Wildman–Crippen LogP) is 15.0. The van der Waals surface area contributed by atoms with Gasteiger partial charge in [-0.15, -0.1) is 11.3 Å². The van der Waals surface area contributed by atoms with Crippen LogP contribution in [0.15, 0.2) is 164 Å². The second-order valence-corrected chi connectivity index (χ2v) is 17.2. The molecule has 0 N–H and O–H groups in total. The summed E-state index contributed by atoms with van der Waals surface area (Å²) in [5.41, 5.74) is 16.7. The summed E-state index contributed by atoms with van der Waals surface area (Å²) in [5, 5.41) is 5.46. The molecule has 2 heteroatoms. The molecule has 8 aromatic carbocycles. The zero-order valence-corrected chi connectivity index (χ0v) is 31.8. The van der Waals surface area contributed by atoms with Gasteiger partial charge in [-0.05, 0) is 103 Å². The number of benzene rings is 8. The standard InChI is InChI=1S/C52H39NS/c1-51(2)43-20-12-10-16-37(43)38-28-26-36(31-45(38)51)53(34-24-22-33(23-25-34)32-14-6-5-7-15-32)35-27-29-44-42(30-35)47-39-17-8-9-18-40(39)50-48(49(47)52(44,3)4)41-19-11-13-21-46(41)54-50/h5-31H,1-4H3. The average Bonchev–Trinajstić information content (AvgIpc) is 3.78. The highest BCUT2D eigenvalue weighted by atomic mass is 32.1. The van der Waals surface area contributed by atoms with Gasteiger partial charge in [0, 0.05) is 53.5 Å². The number of hydrogen-bond donors (Lipinski definition) is 0. The average molecular weight is 710 g/mol. The fraction of sp³-hybridized carbons (Fsp3) is 0.115. The summed E-state index contributed by atoms with van der Waals surface area (Å²) < 4.78 is 2.75. The highest BCUT2D eigenvalue weighted by Crippen LogP contribution is 2.58. The Kier molecular flexibility index (Phi) is 6.59. The topological polar surface area (TPSA) is 3.24 Å². The molecule has 0 saturated carbocycles. The smallest absolute Gasteiger partial charge is 0.0468 e. The van der Waals surface area contributed by atoms with Gasteiger partial charge >= 0.3 is 0 Å². The van der Waals surface area contributed by atoms with Gasteiger partial charge in [0.05, 0.1) is 0 Å². The second-order valence-electron chi connectivity index (χ2n) is 16.1. The summed E-state index contributed by atoms with van der Waals surface area (Å²) in [7, 11) is 0. The maximum absolute atomic E-state index is 2.48. The molecule has 0 unspecified atom stereocenters. The summed E-state index contributed by atoms with van der Waals surface area (Å²) >= 11 is 1.94. The summed E-state index contributed by atoms with van der Waals surface area (Å²) in [4.78, 5) is 2.47. The second kappa shape index (κ2) is 11.3. The molecule has 258 valence electrons. The Morgan fingerprint density at radius 2 is 1.02 bits per heavy atom. The van der Waals surface area contributed by atoms with Crippen LogP contribution < -0.4 is 4.90 Å². The van der Waals surface area contributed by atoms with E-state index in [0.29, 0.717) is 0 Å². The van der Waals surface area contributed by atoms with E-state index in [4.69, 9.17) is 0 Å². The first-order valence-electron chi connectivity index (χ1n) is 19.0. The molecule has 54 heavy (non-hydrogen) atoms. The minimum Gasteiger partial charge on any atom is -0.310 e. The summed E-state index contributed by atoms with van der Waals surface area (Å²) in [6.07, 6.45) is 0. The fourth-order valence-corrected chi connectivity index (χ4v) is 11.1. The molecule has 1 aromatic heterocycles. The molecule has 0 fully saturated rings. The Morgan fingerprint density at radius 3 is 1.83 bits per heavy atom. The molecule has 11 rings (SSSR count). The SMILES string of the molecule is CC1(C)c2ccccc2-c2ccc(N(c3ccc(-c4ccccc4)cc3)c3ccc4c(c3)-c3c(c5c6ccccc6sc5c5ccccc35)C4(C)C)cc21. The number of nitrogens with zero attached hydrogens (tertiary/aromatic N) is 1. The quantitative estimate of drug-likeness (QED) is 0.176. The summed E-state index contributed by atoms with van der Waals surface area (Å²) in [5.74, 6) is 0. The molecule has 9 aromatic rings. The van der Waals surface area contributed by atoms with E-state index in [1.54, 1.807) is 0 Å². The Bertz CT molecular complexity index is 2980. The lowest BCUT2D eigenvalue weighted by Crippen LogP contribution is -2.17. The van der Waals surface area contributed by atoms with Gasteiger partial charge < -0.3 is 4.90 Å². The van der Waals surface area contributed by atoms with Crippen LogP contribution in [0.2, 0.25) is 0 Å². The maximum atomic E-state index is 2.48. The van der Waals surface area contributed by atoms with Gasteiger partial charge in [-0.2, -0.15) is 0 Å². The first-order chi connectivity index (χ1) is 26.3. The molecule has 0 saturated heterocycles. The largest absolute Gasteiger partial charge is 0.310 e. The van der Waals surface area contributed by atoms with Crippen LogP contribution in [0.5, 0.6) is 0 Å². The van der Waals surface area contributed by atoms with Crippen molar-refractivity contribution in [3.8, 4) is 33.4 Å². The third kappa shape index (κ3) is 4.32. The molecule has 0 spiro atoms. The van der Waals surface area contributed by atoms with Crippen molar-refractivity contribution in [2.75, 3.05) is 4.90 Å². The lowest BCUT2D eigenvalue weighted by Gasteiger charge is -2.29. The number of rotatable bonds is 4. The van der Waals surface area contributed by atoms with E-state index in [1.165, 1.54) is 92.3 Å². The van der Waals surface area contributed by atoms with Crippen molar-refractivity contribution in [2.24, 2.45) is 0 Å². The molecule has 2 aliphatic carbocycles. The minimum atomic E-state index is -0.166. The fourth-order valence-electron chi connectivity index (χ4n) is 9.82. The molecule has 0 amide bonds. The molecule has 0 aliphatic heterocycles. The van der Waals surface area contributed by atoms with E-state index < -0.39 is 0 Å². The summed E-state index contributed by atoms with van der Waals surface area (Å²) in [6.45, 7) is 9.60. The molecular weight excluding hydrogens is 671 g/mol. The van der Waals surface area contributed by atoms with Crippen LogP contribution >= 0.6 is 11.3 Å². The van der Waals surface area contributed by atoms with Crippen molar-refractivity contribution in [1.29, 1.82) is 0 Å². The monoisotopic (exact) mass is 709 g/mol. The van der Waals surface area contributed by atoms with Gasteiger partial charge in [0.1, 0.15) is 0 Å². The molecule has 0 atom stereocenters. The number of hydrogen-bond acceptors (Lipinski definition) is 2. The van der Waals surface area contributed by atoms with Crippen LogP contribution in [0.25, 0.3) is 64.3 Å². The van der Waals surface area contributed by atoms with Crippen LogP contribution in [0.1, 0.15) is 49.9 Å². The lowest BCUT2D eigenvalue weighted by molar-refractivity contribution is 0.660. The number of fused-ring (bicyclic) bond motifs is 13. The Labute approximate surface area is 320 Å². The molecule has 1 heterocycles. The third-order valence-electron chi connectivity index (χ3n) is 12.4. The van der Waals surface area contributed by atoms with Crippen LogP contribution in [-0.4, -0.2) is 0 Å². The predicted molar refractivity (Wildman–Crippen MR) is 232 cm³/mol. The van der Waals surface area contributed by atoms with Crippen LogP contribution in [0.3, 0.4) is 0 Å².